The van der Waals surface area contributed by atoms with Gasteiger partial charge in [0.2, 0.25) is 0 Å². The maximum absolute atomic E-state index is 14.3. The predicted molar refractivity (Wildman–Crippen MR) is 156 cm³/mol. The van der Waals surface area contributed by atoms with Crippen molar-refractivity contribution in [2.45, 2.75) is 72.6 Å². The summed E-state index contributed by atoms with van der Waals surface area (Å²) in [5.74, 6) is -2.02. The zero-order valence-electron chi connectivity index (χ0n) is 24.1. The molecule has 0 aliphatic rings. The van der Waals surface area contributed by atoms with Gasteiger partial charge in [-0.25, -0.2) is 9.18 Å². The summed E-state index contributed by atoms with van der Waals surface area (Å²) < 4.78 is 21.7. The Morgan fingerprint density at radius 2 is 1.68 bits per heavy atom. The van der Waals surface area contributed by atoms with Crippen molar-refractivity contribution in [3.8, 4) is 5.75 Å². The van der Waals surface area contributed by atoms with E-state index in [2.05, 4.69) is 54.9 Å². The Morgan fingerprint density at radius 3 is 2.30 bits per heavy atom. The van der Waals surface area contributed by atoms with Gasteiger partial charge >= 0.3 is 5.97 Å². The van der Waals surface area contributed by atoms with Crippen LogP contribution in [0.2, 0.25) is 0 Å². The van der Waals surface area contributed by atoms with Crippen molar-refractivity contribution in [2.75, 3.05) is 0 Å². The number of halogens is 1. The first kappa shape index (κ1) is 28.9. The van der Waals surface area contributed by atoms with Gasteiger partial charge in [-0.3, -0.25) is 4.79 Å². The van der Waals surface area contributed by atoms with E-state index in [0.29, 0.717) is 12.1 Å². The molecule has 7 heteroatoms. The van der Waals surface area contributed by atoms with Gasteiger partial charge in [0, 0.05) is 28.7 Å². The summed E-state index contributed by atoms with van der Waals surface area (Å²) in [6, 6.07) is 18.3. The number of carbonyl (C=O) groups is 2. The number of carboxylic acids is 1. The van der Waals surface area contributed by atoms with Gasteiger partial charge < -0.3 is 19.7 Å². The first-order valence-corrected chi connectivity index (χ1v) is 13.4. The zero-order chi connectivity index (χ0) is 29.4. The Balaban J connectivity index is 1.56. The van der Waals surface area contributed by atoms with Crippen LogP contribution in [0, 0.1) is 19.7 Å². The monoisotopic (exact) mass is 544 g/mol. The van der Waals surface area contributed by atoms with Crippen LogP contribution >= 0.6 is 0 Å². The molecule has 1 unspecified atom stereocenters. The van der Waals surface area contributed by atoms with Crippen LogP contribution in [-0.2, 0) is 16.8 Å². The molecule has 1 aromatic heterocycles. The average Bonchev–Trinajstić information content (AvgIpc) is 3.14. The van der Waals surface area contributed by atoms with E-state index in [-0.39, 0.29) is 23.1 Å². The van der Waals surface area contributed by atoms with Gasteiger partial charge in [0.1, 0.15) is 0 Å². The second-order valence-corrected chi connectivity index (χ2v) is 11.5. The van der Waals surface area contributed by atoms with Gasteiger partial charge in [-0.1, -0.05) is 51.1 Å². The van der Waals surface area contributed by atoms with E-state index in [4.69, 9.17) is 9.84 Å². The van der Waals surface area contributed by atoms with Crippen molar-refractivity contribution in [1.29, 1.82) is 0 Å². The first-order valence-electron chi connectivity index (χ1n) is 13.4. The summed E-state index contributed by atoms with van der Waals surface area (Å²) in [7, 11) is 0. The molecule has 1 heterocycles. The molecule has 4 aromatic rings. The van der Waals surface area contributed by atoms with E-state index in [1.165, 1.54) is 24.6 Å². The lowest BCUT2D eigenvalue weighted by atomic mass is 9.86. The molecule has 210 valence electrons. The zero-order valence-corrected chi connectivity index (χ0v) is 24.1. The number of fused-ring (bicyclic) bond motifs is 1. The van der Waals surface area contributed by atoms with Crippen LogP contribution in [0.1, 0.15) is 79.0 Å². The molecular weight excluding hydrogens is 507 g/mol. The van der Waals surface area contributed by atoms with Crippen LogP contribution < -0.4 is 10.1 Å². The number of aromatic nitrogens is 1. The molecule has 1 amide bonds. The number of rotatable bonds is 8. The summed E-state index contributed by atoms with van der Waals surface area (Å²) in [6.45, 7) is 14.3. The fourth-order valence-electron chi connectivity index (χ4n) is 4.79. The van der Waals surface area contributed by atoms with Crippen LogP contribution in [0.4, 0.5) is 4.39 Å². The van der Waals surface area contributed by atoms with Gasteiger partial charge in [-0.15, -0.1) is 0 Å². The second kappa shape index (κ2) is 11.2. The van der Waals surface area contributed by atoms with Gasteiger partial charge in [0.05, 0.1) is 6.04 Å². The number of carbonyl (C=O) groups excluding carboxylic acids is 1. The molecule has 6 nitrogen and oxygen atoms in total. The summed E-state index contributed by atoms with van der Waals surface area (Å²) in [6.07, 6.45) is -1.17. The normalized spacial score (nSPS) is 13.2. The fraction of sp³-hybridized carbons (Fsp3) is 0.333. The third kappa shape index (κ3) is 6.03. The van der Waals surface area contributed by atoms with Gasteiger partial charge in [-0.2, -0.15) is 0 Å². The molecule has 0 saturated heterocycles. The number of aryl methyl sites for hydroxylation is 1. The number of nitrogens with zero attached hydrogens (tertiary/aromatic N) is 1. The van der Waals surface area contributed by atoms with Crippen LogP contribution in [0.3, 0.4) is 0 Å². The lowest BCUT2D eigenvalue weighted by Gasteiger charge is -2.21. The number of hydrogen-bond acceptors (Lipinski definition) is 3. The number of benzene rings is 3. The standard InChI is InChI=1S/C33H37FN2O4/c1-19-21(3)36(18-23-8-14-28(34)30(16-23)40-22(4)32(38)39)29-15-11-25(17-27(19)29)31(37)35-20(2)24-9-12-26(13-10-24)33(5,6)7/h8-17,20,22H,18H2,1-7H3,(H,35,37)(H,38,39)/t20-,22?/m0/s1. The number of nitrogens with one attached hydrogen (secondary N) is 1. The number of amides is 1. The maximum Gasteiger partial charge on any atom is 0.344 e. The minimum atomic E-state index is -1.17. The Bertz CT molecular complexity index is 1560. The predicted octanol–water partition coefficient (Wildman–Crippen LogP) is 7.09. The lowest BCUT2D eigenvalue weighted by Crippen LogP contribution is -2.26. The van der Waals surface area contributed by atoms with Gasteiger partial charge in [0.25, 0.3) is 5.91 Å². The average molecular weight is 545 g/mol. The number of hydrogen-bond donors (Lipinski definition) is 2. The summed E-state index contributed by atoms with van der Waals surface area (Å²) in [4.78, 5) is 24.3. The molecule has 0 radical (unpaired) electrons. The fourth-order valence-corrected chi connectivity index (χ4v) is 4.79. The van der Waals surface area contributed by atoms with Gasteiger partial charge in [-0.05, 0) is 85.7 Å². The van der Waals surface area contributed by atoms with Gasteiger partial charge in [0.15, 0.2) is 17.7 Å². The largest absolute Gasteiger partial charge is 0.479 e. The van der Waals surface area contributed by atoms with E-state index in [1.54, 1.807) is 6.07 Å². The van der Waals surface area contributed by atoms with Crippen molar-refractivity contribution in [2.24, 2.45) is 0 Å². The van der Waals surface area contributed by atoms with E-state index in [9.17, 15) is 14.0 Å². The maximum atomic E-state index is 14.3. The van der Waals surface area contributed by atoms with Crippen molar-refractivity contribution < 1.29 is 23.8 Å². The highest BCUT2D eigenvalue weighted by Crippen LogP contribution is 2.29. The van der Waals surface area contributed by atoms with E-state index < -0.39 is 17.9 Å². The van der Waals surface area contributed by atoms with Crippen LogP contribution in [0.5, 0.6) is 5.75 Å². The molecule has 2 atom stereocenters. The molecule has 40 heavy (non-hydrogen) atoms. The third-order valence-electron chi connectivity index (χ3n) is 7.51. The summed E-state index contributed by atoms with van der Waals surface area (Å²) >= 11 is 0. The van der Waals surface area contributed by atoms with E-state index >= 15 is 0 Å². The Kier molecular flexibility index (Phi) is 8.05. The van der Waals surface area contributed by atoms with Crippen LogP contribution in [0.25, 0.3) is 10.9 Å². The third-order valence-corrected chi connectivity index (χ3v) is 7.51. The molecule has 0 aliphatic heterocycles. The molecule has 4 rings (SSSR count). The van der Waals surface area contributed by atoms with Crippen LogP contribution in [0.15, 0.2) is 60.7 Å². The van der Waals surface area contributed by atoms with E-state index in [0.717, 1.165) is 33.3 Å². The Hall–Kier alpha value is -4.13. The minimum Gasteiger partial charge on any atom is -0.479 e. The molecule has 3 aromatic carbocycles. The highest BCUT2D eigenvalue weighted by Gasteiger charge is 2.19. The second-order valence-electron chi connectivity index (χ2n) is 11.5. The number of aliphatic carboxylic acids is 1. The van der Waals surface area contributed by atoms with Crippen molar-refractivity contribution in [3.63, 3.8) is 0 Å². The quantitative estimate of drug-likeness (QED) is 0.248. The molecule has 0 fully saturated rings. The molecule has 0 bridgehead atoms. The Morgan fingerprint density at radius 1 is 1.00 bits per heavy atom. The highest BCUT2D eigenvalue weighted by molar-refractivity contribution is 5.99. The molecular formula is C33H37FN2O4. The smallest absolute Gasteiger partial charge is 0.344 e. The van der Waals surface area contributed by atoms with E-state index in [1.807, 2.05) is 39.0 Å². The van der Waals surface area contributed by atoms with Crippen molar-refractivity contribution >= 4 is 22.8 Å². The summed E-state index contributed by atoms with van der Waals surface area (Å²) in [5.41, 5.74) is 6.71. The first-order chi connectivity index (χ1) is 18.8. The van der Waals surface area contributed by atoms with Crippen LogP contribution in [-0.4, -0.2) is 27.7 Å². The summed E-state index contributed by atoms with van der Waals surface area (Å²) in [5, 5.41) is 13.2. The molecule has 0 spiro atoms. The molecule has 2 N–H and O–H groups in total. The topological polar surface area (TPSA) is 80.6 Å². The highest BCUT2D eigenvalue weighted by atomic mass is 19.1. The lowest BCUT2D eigenvalue weighted by molar-refractivity contribution is -0.144. The number of ether oxygens (including phenoxy) is 1. The SMILES string of the molecule is Cc1c(C)n(Cc2ccc(F)c(OC(C)C(=O)O)c2)c2ccc(C(=O)N[C@@H](C)c3ccc(C(C)(C)C)cc3)cc12. The Labute approximate surface area is 234 Å². The minimum absolute atomic E-state index is 0.0680. The molecule has 0 aliphatic carbocycles. The van der Waals surface area contributed by atoms with Crippen molar-refractivity contribution in [1.82, 2.24) is 9.88 Å². The number of carboxylic acid groups (broad SMARTS) is 1. The molecule has 0 saturated carbocycles. The van der Waals surface area contributed by atoms with Crippen molar-refractivity contribution in [3.05, 3.63) is 100.0 Å².